The summed E-state index contributed by atoms with van der Waals surface area (Å²) in [6, 6.07) is 15.5. The van der Waals surface area contributed by atoms with Crippen LogP contribution in [0.4, 0.5) is 11.6 Å². The number of carbonyl (C=O) groups excluding carboxylic acids is 1. The molecule has 30 heavy (non-hydrogen) atoms. The number of benzene rings is 2. The maximum Gasteiger partial charge on any atom is 0.240 e. The summed E-state index contributed by atoms with van der Waals surface area (Å²) in [7, 11) is 0. The molecule has 0 aliphatic heterocycles. The molecule has 3 rings (SSSR count). The predicted molar refractivity (Wildman–Crippen MR) is 127 cm³/mol. The third kappa shape index (κ3) is 6.17. The van der Waals surface area contributed by atoms with Crippen molar-refractivity contribution in [3.63, 3.8) is 0 Å². The monoisotopic (exact) mass is 486 g/mol. The van der Waals surface area contributed by atoms with Gasteiger partial charge < -0.3 is 4.90 Å². The average molecular weight is 487 g/mol. The van der Waals surface area contributed by atoms with Gasteiger partial charge in [0, 0.05) is 28.8 Å². The lowest BCUT2D eigenvalue weighted by Crippen LogP contribution is -2.21. The van der Waals surface area contributed by atoms with Crippen molar-refractivity contribution in [2.45, 2.75) is 19.0 Å². The van der Waals surface area contributed by atoms with Crippen LogP contribution in [0.5, 0.6) is 0 Å². The van der Waals surface area contributed by atoms with E-state index in [9.17, 15) is 4.79 Å². The number of rotatable bonds is 10. The van der Waals surface area contributed by atoms with E-state index in [1.807, 2.05) is 24.3 Å². The van der Waals surface area contributed by atoms with E-state index in [2.05, 4.69) is 72.5 Å². The molecule has 0 atom stereocenters. The minimum Gasteiger partial charge on any atom is -0.372 e. The minimum atomic E-state index is 0.0259. The molecule has 0 saturated carbocycles. The van der Waals surface area contributed by atoms with E-state index in [0.717, 1.165) is 23.1 Å². The number of H-pyrrole nitrogens is 1. The highest BCUT2D eigenvalue weighted by molar-refractivity contribution is 9.10. The molecule has 2 aromatic carbocycles. The Balaban J connectivity index is 1.49. The molecule has 0 amide bonds. The molecule has 9 heteroatoms. The molecule has 0 radical (unpaired) electrons. The van der Waals surface area contributed by atoms with E-state index in [1.54, 1.807) is 18.3 Å². The van der Waals surface area contributed by atoms with Gasteiger partial charge in [0.15, 0.2) is 5.78 Å². The zero-order chi connectivity index (χ0) is 21.3. The smallest absolute Gasteiger partial charge is 0.240 e. The van der Waals surface area contributed by atoms with E-state index in [0.29, 0.717) is 16.7 Å². The van der Waals surface area contributed by atoms with Gasteiger partial charge >= 0.3 is 0 Å². The number of nitrogens with zero attached hydrogens (tertiary/aromatic N) is 4. The van der Waals surface area contributed by atoms with Crippen molar-refractivity contribution in [1.29, 1.82) is 0 Å². The summed E-state index contributed by atoms with van der Waals surface area (Å²) in [5.41, 5.74) is 5.66. The van der Waals surface area contributed by atoms with Crippen LogP contribution in [0.3, 0.4) is 0 Å². The molecular weight excluding hydrogens is 464 g/mol. The van der Waals surface area contributed by atoms with Crippen LogP contribution < -0.4 is 10.3 Å². The van der Waals surface area contributed by atoms with Crippen LogP contribution in [0, 0.1) is 0 Å². The summed E-state index contributed by atoms with van der Waals surface area (Å²) >= 11 is 4.64. The number of hydrogen-bond acceptors (Lipinski definition) is 7. The molecule has 0 aliphatic rings. The Kier molecular flexibility index (Phi) is 8.04. The summed E-state index contributed by atoms with van der Waals surface area (Å²) in [5.74, 6) is 0.712. The molecule has 0 bridgehead atoms. The summed E-state index contributed by atoms with van der Waals surface area (Å²) in [6.45, 7) is 6.24. The number of Topliss-reactive ketones (excluding diaryl/α,β-unsaturated/α-hetero) is 1. The first-order valence-electron chi connectivity index (χ1n) is 9.57. The second kappa shape index (κ2) is 10.9. The Morgan fingerprint density at radius 2 is 1.87 bits per heavy atom. The lowest BCUT2D eigenvalue weighted by Gasteiger charge is -2.20. The molecule has 0 fully saturated rings. The van der Waals surface area contributed by atoms with Gasteiger partial charge in [-0.05, 0) is 43.7 Å². The Bertz CT molecular complexity index is 983. The molecule has 0 unspecified atom stereocenters. The van der Waals surface area contributed by atoms with Gasteiger partial charge in [-0.25, -0.2) is 10.5 Å². The van der Waals surface area contributed by atoms with E-state index in [4.69, 9.17) is 0 Å². The number of aromatic nitrogens is 3. The highest BCUT2D eigenvalue weighted by Gasteiger charge is 2.09. The van der Waals surface area contributed by atoms with Gasteiger partial charge in [-0.15, -0.1) is 5.10 Å². The number of thioether (sulfide) groups is 1. The minimum absolute atomic E-state index is 0.0259. The number of hydrogen-bond donors (Lipinski definition) is 2. The number of hydrazone groups is 1. The SMILES string of the molecule is CCN(CC)c1ccc(/C=N\Nc2nc(SCC(=O)c3ccc(Br)cc3)n[nH]2)cc1. The van der Waals surface area contributed by atoms with Crippen molar-refractivity contribution in [2.75, 3.05) is 29.2 Å². The Hall–Kier alpha value is -2.65. The zero-order valence-corrected chi connectivity index (χ0v) is 19.2. The van der Waals surface area contributed by atoms with Gasteiger partial charge in [-0.1, -0.05) is 52.0 Å². The Labute approximate surface area is 188 Å². The van der Waals surface area contributed by atoms with Gasteiger partial charge in [0.25, 0.3) is 0 Å². The van der Waals surface area contributed by atoms with E-state index < -0.39 is 0 Å². The molecule has 1 heterocycles. The van der Waals surface area contributed by atoms with Crippen LogP contribution in [0.2, 0.25) is 0 Å². The predicted octanol–water partition coefficient (Wildman–Crippen LogP) is 4.83. The number of halogens is 1. The molecule has 7 nitrogen and oxygen atoms in total. The molecule has 3 aromatic rings. The fourth-order valence-electron chi connectivity index (χ4n) is 2.74. The van der Waals surface area contributed by atoms with Gasteiger partial charge in [0.05, 0.1) is 12.0 Å². The molecule has 156 valence electrons. The number of aromatic amines is 1. The van der Waals surface area contributed by atoms with Crippen molar-refractivity contribution in [1.82, 2.24) is 15.2 Å². The fraction of sp³-hybridized carbons (Fsp3) is 0.238. The lowest BCUT2D eigenvalue weighted by atomic mass is 10.2. The van der Waals surface area contributed by atoms with Gasteiger partial charge in [-0.3, -0.25) is 4.79 Å². The maximum absolute atomic E-state index is 12.2. The second-order valence-corrected chi connectivity index (χ2v) is 8.18. The average Bonchev–Trinajstić information content (AvgIpc) is 3.22. The molecule has 1 aromatic heterocycles. The van der Waals surface area contributed by atoms with Crippen molar-refractivity contribution >= 4 is 51.3 Å². The molecule has 0 aliphatic carbocycles. The second-order valence-electron chi connectivity index (χ2n) is 6.32. The first kappa shape index (κ1) is 22.0. The maximum atomic E-state index is 12.2. The van der Waals surface area contributed by atoms with Crippen molar-refractivity contribution < 1.29 is 4.79 Å². The topological polar surface area (TPSA) is 86.3 Å². The summed E-state index contributed by atoms with van der Waals surface area (Å²) in [6.07, 6.45) is 1.72. The molecular formula is C21H23BrN6OS. The summed E-state index contributed by atoms with van der Waals surface area (Å²) in [5, 5.41) is 11.5. The lowest BCUT2D eigenvalue weighted by molar-refractivity contribution is 0.102. The van der Waals surface area contributed by atoms with Crippen LogP contribution in [0.1, 0.15) is 29.8 Å². The third-order valence-electron chi connectivity index (χ3n) is 4.37. The third-order valence-corrected chi connectivity index (χ3v) is 5.75. The van der Waals surface area contributed by atoms with Crippen LogP contribution in [-0.2, 0) is 0 Å². The summed E-state index contributed by atoms with van der Waals surface area (Å²) in [4.78, 5) is 18.8. The Morgan fingerprint density at radius 1 is 1.17 bits per heavy atom. The van der Waals surface area contributed by atoms with Crippen LogP contribution in [0.25, 0.3) is 0 Å². The highest BCUT2D eigenvalue weighted by Crippen LogP contribution is 2.18. The van der Waals surface area contributed by atoms with Crippen LogP contribution >= 0.6 is 27.7 Å². The number of anilines is 2. The fourth-order valence-corrected chi connectivity index (χ4v) is 3.70. The first-order valence-corrected chi connectivity index (χ1v) is 11.3. The normalized spacial score (nSPS) is 11.0. The quantitative estimate of drug-likeness (QED) is 0.184. The van der Waals surface area contributed by atoms with E-state index in [1.165, 1.54) is 17.4 Å². The van der Waals surface area contributed by atoms with Crippen molar-refractivity contribution in [3.8, 4) is 0 Å². The van der Waals surface area contributed by atoms with E-state index >= 15 is 0 Å². The largest absolute Gasteiger partial charge is 0.372 e. The molecule has 0 saturated heterocycles. The van der Waals surface area contributed by atoms with Crippen molar-refractivity contribution in [3.05, 3.63) is 64.1 Å². The molecule has 2 N–H and O–H groups in total. The van der Waals surface area contributed by atoms with Crippen molar-refractivity contribution in [2.24, 2.45) is 5.10 Å². The van der Waals surface area contributed by atoms with Gasteiger partial charge in [0.1, 0.15) is 0 Å². The van der Waals surface area contributed by atoms with Crippen LogP contribution in [-0.4, -0.2) is 46.0 Å². The number of ketones is 1. The molecule has 0 spiro atoms. The van der Waals surface area contributed by atoms with Crippen LogP contribution in [0.15, 0.2) is 63.3 Å². The first-order chi connectivity index (χ1) is 14.6. The van der Waals surface area contributed by atoms with Gasteiger partial charge in [0.2, 0.25) is 11.1 Å². The zero-order valence-electron chi connectivity index (χ0n) is 16.8. The van der Waals surface area contributed by atoms with E-state index in [-0.39, 0.29) is 11.5 Å². The number of carbonyl (C=O) groups is 1. The number of nitrogens with one attached hydrogen (secondary N) is 2. The standard InChI is InChI=1S/C21H23BrN6OS/c1-3-28(4-2)18-11-5-15(6-12-18)13-23-25-20-24-21(27-26-20)30-14-19(29)16-7-9-17(22)10-8-16/h5-13H,3-4,14H2,1-2H3,(H2,24,25,26,27)/b23-13-. The summed E-state index contributed by atoms with van der Waals surface area (Å²) < 4.78 is 0.941. The van der Waals surface area contributed by atoms with Gasteiger partial charge in [-0.2, -0.15) is 10.1 Å². The Morgan fingerprint density at radius 3 is 2.53 bits per heavy atom. The highest BCUT2D eigenvalue weighted by atomic mass is 79.9.